The molecule has 1 saturated carbocycles. The Labute approximate surface area is 255 Å². The summed E-state index contributed by atoms with van der Waals surface area (Å²) in [6.45, 7) is 1.81. The summed E-state index contributed by atoms with van der Waals surface area (Å²) >= 11 is 0. The Morgan fingerprint density at radius 1 is 0.932 bits per heavy atom. The number of hydrogen-bond donors (Lipinski definition) is 3. The van der Waals surface area contributed by atoms with Gasteiger partial charge in [0.25, 0.3) is 0 Å². The highest BCUT2D eigenvalue weighted by Gasteiger charge is 2.42. The lowest BCUT2D eigenvalue weighted by molar-refractivity contribution is 0.155. The van der Waals surface area contributed by atoms with Gasteiger partial charge in [0, 0.05) is 23.2 Å². The maximum absolute atomic E-state index is 14.0. The van der Waals surface area contributed by atoms with E-state index >= 15 is 0 Å². The van der Waals surface area contributed by atoms with Crippen molar-refractivity contribution in [3.05, 3.63) is 99.4 Å². The highest BCUT2D eigenvalue weighted by molar-refractivity contribution is 7.95. The quantitative estimate of drug-likeness (QED) is 0.459. The van der Waals surface area contributed by atoms with Crippen LogP contribution in [0.1, 0.15) is 37.8 Å². The molecule has 6 aliphatic rings. The average Bonchev–Trinajstić information content (AvgIpc) is 3.40. The van der Waals surface area contributed by atoms with Gasteiger partial charge >= 0.3 is 0 Å². The summed E-state index contributed by atoms with van der Waals surface area (Å²) in [5, 5.41) is 8.75. The van der Waals surface area contributed by atoms with Crippen LogP contribution in [0.4, 0.5) is 0 Å². The molecule has 0 radical (unpaired) electrons. The van der Waals surface area contributed by atoms with E-state index in [1.54, 1.807) is 6.08 Å². The van der Waals surface area contributed by atoms with Crippen LogP contribution in [-0.2, 0) is 15.4 Å². The second-order valence-corrected chi connectivity index (χ2v) is 14.1. The molecule has 1 aliphatic carbocycles. The molecule has 2 aromatic heterocycles. The third-order valence-electron chi connectivity index (χ3n) is 8.68. The second-order valence-electron chi connectivity index (χ2n) is 12.1. The van der Waals surface area contributed by atoms with Crippen molar-refractivity contribution in [3.8, 4) is 5.88 Å². The van der Waals surface area contributed by atoms with Crippen LogP contribution in [0.5, 0.6) is 5.88 Å². The zero-order valence-corrected chi connectivity index (χ0v) is 25.0. The molecule has 0 spiro atoms. The SMILES string of the molecule is O=S(=O)(CC1CC1)C1=C2C=CC(=N2)C=c2ccc([nH]2)=CC2=NC(=CC3(c4cc(OC5CCNCC5)ncn4)CC=C1N3)C=C2. The molecule has 0 amide bonds. The molecule has 3 N–H and O–H groups in total. The lowest BCUT2D eigenvalue weighted by atomic mass is 9.91. The molecular formula is C33H33N7O3S. The van der Waals surface area contributed by atoms with Crippen LogP contribution in [0.3, 0.4) is 0 Å². The highest BCUT2D eigenvalue weighted by Crippen LogP contribution is 2.41. The maximum atomic E-state index is 14.0. The number of H-pyrrole nitrogens is 1. The fraction of sp³-hybridized carbons (Fsp3) is 0.333. The van der Waals surface area contributed by atoms with Crippen molar-refractivity contribution in [2.75, 3.05) is 18.8 Å². The molecule has 1 saturated heterocycles. The first kappa shape index (κ1) is 27.2. The lowest BCUT2D eigenvalue weighted by Gasteiger charge is -2.29. The fourth-order valence-electron chi connectivity index (χ4n) is 6.28. The summed E-state index contributed by atoms with van der Waals surface area (Å²) in [6.07, 6.45) is 21.2. The maximum Gasteiger partial charge on any atom is 0.216 e. The zero-order chi connectivity index (χ0) is 29.7. The van der Waals surface area contributed by atoms with Gasteiger partial charge < -0.3 is 20.4 Å². The minimum atomic E-state index is -3.66. The number of piperidine rings is 1. The van der Waals surface area contributed by atoms with Gasteiger partial charge in [0.15, 0.2) is 9.84 Å². The Hall–Kier alpha value is -4.35. The van der Waals surface area contributed by atoms with Gasteiger partial charge in [-0.3, -0.25) is 0 Å². The van der Waals surface area contributed by atoms with Crippen LogP contribution in [0.25, 0.3) is 12.2 Å². The Balaban J connectivity index is 1.27. The van der Waals surface area contributed by atoms with Gasteiger partial charge in [0.2, 0.25) is 5.88 Å². The number of sulfone groups is 1. The monoisotopic (exact) mass is 607 g/mol. The summed E-state index contributed by atoms with van der Waals surface area (Å²) in [5.41, 5.74) is 2.99. The van der Waals surface area contributed by atoms with Crippen molar-refractivity contribution in [2.45, 2.75) is 43.7 Å². The van der Waals surface area contributed by atoms with E-state index in [1.165, 1.54) is 6.33 Å². The smallest absolute Gasteiger partial charge is 0.216 e. The second kappa shape index (κ2) is 10.7. The average molecular weight is 608 g/mol. The lowest BCUT2D eigenvalue weighted by Crippen LogP contribution is -2.38. The largest absolute Gasteiger partial charge is 0.474 e. The molecule has 5 aliphatic heterocycles. The molecule has 224 valence electrons. The molecule has 2 fully saturated rings. The number of fused-ring (bicyclic) bond motifs is 6. The highest BCUT2D eigenvalue weighted by atomic mass is 32.2. The Morgan fingerprint density at radius 3 is 2.50 bits per heavy atom. The van der Waals surface area contributed by atoms with E-state index in [9.17, 15) is 8.42 Å². The van der Waals surface area contributed by atoms with Crippen molar-refractivity contribution in [1.82, 2.24) is 25.6 Å². The van der Waals surface area contributed by atoms with Crippen LogP contribution in [0, 0.1) is 5.92 Å². The Kier molecular flexibility index (Phi) is 6.60. The number of rotatable bonds is 6. The minimum Gasteiger partial charge on any atom is -0.474 e. The zero-order valence-electron chi connectivity index (χ0n) is 24.2. The first-order valence-electron chi connectivity index (χ1n) is 15.2. The first-order chi connectivity index (χ1) is 21.4. The van der Waals surface area contributed by atoms with Gasteiger partial charge in [-0.15, -0.1) is 0 Å². The number of hydrogen-bond acceptors (Lipinski definition) is 9. The number of nitrogens with one attached hydrogen (secondary N) is 3. The van der Waals surface area contributed by atoms with E-state index in [2.05, 4.69) is 20.6 Å². The van der Waals surface area contributed by atoms with E-state index < -0.39 is 15.4 Å². The van der Waals surface area contributed by atoms with Crippen LogP contribution >= 0.6 is 0 Å². The van der Waals surface area contributed by atoms with E-state index in [1.807, 2.05) is 60.7 Å². The molecule has 44 heavy (non-hydrogen) atoms. The molecule has 0 aromatic carbocycles. The number of aromatic amines is 1. The van der Waals surface area contributed by atoms with Crippen LogP contribution < -0.4 is 26.1 Å². The van der Waals surface area contributed by atoms with E-state index in [-0.39, 0.29) is 22.7 Å². The van der Waals surface area contributed by atoms with Crippen molar-refractivity contribution in [2.24, 2.45) is 15.9 Å². The summed E-state index contributed by atoms with van der Waals surface area (Å²) < 4.78 is 34.4. The number of ether oxygens (including phenoxy) is 1. The van der Waals surface area contributed by atoms with Crippen molar-refractivity contribution < 1.29 is 13.2 Å². The summed E-state index contributed by atoms with van der Waals surface area (Å²) in [7, 11) is -3.66. The van der Waals surface area contributed by atoms with Crippen LogP contribution in [0.2, 0.25) is 0 Å². The van der Waals surface area contributed by atoms with Gasteiger partial charge in [-0.1, -0.05) is 6.08 Å². The third-order valence-corrected chi connectivity index (χ3v) is 10.6. The van der Waals surface area contributed by atoms with E-state index in [4.69, 9.17) is 19.7 Å². The van der Waals surface area contributed by atoms with Gasteiger partial charge in [0.1, 0.15) is 22.9 Å². The molecule has 1 unspecified atom stereocenters. The minimum absolute atomic E-state index is 0.0768. The van der Waals surface area contributed by atoms with Crippen molar-refractivity contribution in [3.63, 3.8) is 0 Å². The van der Waals surface area contributed by atoms with Crippen LogP contribution in [-0.4, -0.2) is 59.7 Å². The number of aromatic nitrogens is 3. The summed E-state index contributed by atoms with van der Waals surface area (Å²) in [4.78, 5) is 22.4. The molecule has 8 rings (SSSR count). The third kappa shape index (κ3) is 5.41. The summed E-state index contributed by atoms with van der Waals surface area (Å²) in [5.74, 6) is 0.793. The van der Waals surface area contributed by atoms with Crippen molar-refractivity contribution in [1.29, 1.82) is 0 Å². The van der Waals surface area contributed by atoms with E-state index in [0.29, 0.717) is 35.1 Å². The van der Waals surface area contributed by atoms with E-state index in [0.717, 1.165) is 60.9 Å². The molecular weight excluding hydrogens is 574 g/mol. The van der Waals surface area contributed by atoms with Gasteiger partial charge in [-0.05, 0) is 99.4 Å². The van der Waals surface area contributed by atoms with Gasteiger partial charge in [-0.2, -0.15) is 0 Å². The molecule has 10 nitrogen and oxygen atoms in total. The predicted molar refractivity (Wildman–Crippen MR) is 170 cm³/mol. The molecule has 1 atom stereocenters. The predicted octanol–water partition coefficient (Wildman–Crippen LogP) is 2.22. The topological polar surface area (TPSA) is 134 Å². The van der Waals surface area contributed by atoms with Gasteiger partial charge in [-0.25, -0.2) is 28.4 Å². The van der Waals surface area contributed by atoms with Crippen LogP contribution in [0.15, 0.2) is 93.0 Å². The molecule has 2 aromatic rings. The Morgan fingerprint density at radius 2 is 1.70 bits per heavy atom. The van der Waals surface area contributed by atoms with Crippen molar-refractivity contribution >= 4 is 33.4 Å². The summed E-state index contributed by atoms with van der Waals surface area (Å²) in [6, 6.07) is 5.83. The Bertz CT molecular complexity index is 1990. The standard InChI is InChI=1S/C33H33N7O3S/c41-44(42,19-21-1-2-21)32-28-8-7-25(39-28)16-23-4-3-22(37-23)15-24-5-6-26(38-24)18-33(12-9-29(32)40-33)30-17-31(36-20-35-30)43-27-10-13-34-14-11-27/h3-9,15-18,20-21,27,34,37,40H,1-2,10-14,19H2. The number of allylic oxidation sites excluding steroid dienone is 4. The molecule has 11 heteroatoms. The fourth-order valence-corrected chi connectivity index (χ4v) is 8.30. The number of nitrogens with zero attached hydrogens (tertiary/aromatic N) is 4. The first-order valence-corrected chi connectivity index (χ1v) is 16.9. The normalized spacial score (nSPS) is 24.6. The molecule has 7 heterocycles. The van der Waals surface area contributed by atoms with Gasteiger partial charge in [0.05, 0.1) is 40.0 Å². The molecule has 8 bridgehead atoms. The number of aliphatic imine (C=N–C) groups is 2.